The molecule has 2 rings (SSSR count). The highest BCUT2D eigenvalue weighted by atomic mass is 79.9. The Kier molecular flexibility index (Phi) is 4.54. The molecule has 2 aromatic rings. The molecule has 2 aromatic carbocycles. The molecule has 0 saturated carbocycles. The zero-order chi connectivity index (χ0) is 15.6. The zero-order valence-electron chi connectivity index (χ0n) is 10.9. The number of hydrogen-bond acceptors (Lipinski definition) is 4. The maximum atomic E-state index is 13.7. The molecule has 0 aromatic heterocycles. The molecule has 0 spiro atoms. The van der Waals surface area contributed by atoms with Crippen molar-refractivity contribution in [3.05, 3.63) is 62.4 Å². The van der Waals surface area contributed by atoms with Crippen molar-refractivity contribution in [2.24, 2.45) is 0 Å². The highest BCUT2D eigenvalue weighted by Gasteiger charge is 2.19. The molecule has 1 N–H and O–H groups in total. The van der Waals surface area contributed by atoms with Crippen LogP contribution in [0, 0.1) is 15.9 Å². The van der Waals surface area contributed by atoms with Crippen molar-refractivity contribution in [2.75, 3.05) is 0 Å². The fourth-order valence-electron chi connectivity index (χ4n) is 1.70. The molecular formula is C14H11BrFNO4. The van der Waals surface area contributed by atoms with Crippen LogP contribution in [0.2, 0.25) is 0 Å². The summed E-state index contributed by atoms with van der Waals surface area (Å²) in [6, 6.07) is 8.16. The van der Waals surface area contributed by atoms with E-state index in [0.29, 0.717) is 10.0 Å². The van der Waals surface area contributed by atoms with Crippen LogP contribution in [0.15, 0.2) is 40.9 Å². The molecule has 1 unspecified atom stereocenters. The third kappa shape index (κ3) is 3.56. The largest absolute Gasteiger partial charge is 0.447 e. The van der Waals surface area contributed by atoms with E-state index >= 15 is 0 Å². The molecule has 0 aliphatic rings. The normalized spacial score (nSPS) is 12.0. The van der Waals surface area contributed by atoms with Gasteiger partial charge in [0, 0.05) is 10.5 Å². The van der Waals surface area contributed by atoms with Crippen molar-refractivity contribution in [1.82, 2.24) is 0 Å². The van der Waals surface area contributed by atoms with E-state index in [9.17, 15) is 19.6 Å². The van der Waals surface area contributed by atoms with Gasteiger partial charge in [-0.15, -0.1) is 0 Å². The lowest BCUT2D eigenvalue weighted by Crippen LogP contribution is -1.98. The van der Waals surface area contributed by atoms with E-state index in [4.69, 9.17) is 4.74 Å². The third-order valence-corrected chi connectivity index (χ3v) is 3.27. The molecule has 0 fully saturated rings. The van der Waals surface area contributed by atoms with E-state index in [1.54, 1.807) is 6.07 Å². The second-order valence-electron chi connectivity index (χ2n) is 4.34. The van der Waals surface area contributed by atoms with Crippen LogP contribution in [-0.4, -0.2) is 10.0 Å². The zero-order valence-corrected chi connectivity index (χ0v) is 12.5. The van der Waals surface area contributed by atoms with Crippen LogP contribution in [0.25, 0.3) is 0 Å². The fourth-order valence-corrected chi connectivity index (χ4v) is 2.03. The summed E-state index contributed by atoms with van der Waals surface area (Å²) in [6.45, 7) is 1.49. The Morgan fingerprint density at radius 2 is 1.95 bits per heavy atom. The molecule has 21 heavy (non-hydrogen) atoms. The summed E-state index contributed by atoms with van der Waals surface area (Å²) in [7, 11) is 0. The monoisotopic (exact) mass is 355 g/mol. The van der Waals surface area contributed by atoms with E-state index in [-0.39, 0.29) is 17.2 Å². The molecule has 7 heteroatoms. The summed E-state index contributed by atoms with van der Waals surface area (Å²) in [6.07, 6.45) is -0.845. The average Bonchev–Trinajstić information content (AvgIpc) is 2.41. The van der Waals surface area contributed by atoms with E-state index in [2.05, 4.69) is 15.9 Å². The summed E-state index contributed by atoms with van der Waals surface area (Å²) >= 11 is 3.11. The van der Waals surface area contributed by atoms with Crippen LogP contribution < -0.4 is 4.74 Å². The SMILES string of the molecule is CC(O)c1ccc(Oc2ccc(Br)cc2F)c([N+](=O)[O-])c1. The Bertz CT molecular complexity index is 691. The van der Waals surface area contributed by atoms with Gasteiger partial charge in [-0.2, -0.15) is 0 Å². The number of nitro benzene ring substituents is 1. The van der Waals surface area contributed by atoms with Gasteiger partial charge in [0.1, 0.15) is 0 Å². The van der Waals surface area contributed by atoms with Crippen molar-refractivity contribution >= 4 is 21.6 Å². The second-order valence-corrected chi connectivity index (χ2v) is 5.25. The molecule has 110 valence electrons. The van der Waals surface area contributed by atoms with Crippen molar-refractivity contribution in [2.45, 2.75) is 13.0 Å². The number of aliphatic hydroxyl groups is 1. The summed E-state index contributed by atoms with van der Waals surface area (Å²) < 4.78 is 19.5. The van der Waals surface area contributed by atoms with Crippen molar-refractivity contribution in [1.29, 1.82) is 0 Å². The smallest absolute Gasteiger partial charge is 0.311 e. The molecule has 1 atom stereocenters. The number of halogens is 2. The predicted molar refractivity (Wildman–Crippen MR) is 77.9 cm³/mol. The quantitative estimate of drug-likeness (QED) is 0.653. The lowest BCUT2D eigenvalue weighted by molar-refractivity contribution is -0.385. The molecule has 0 saturated heterocycles. The van der Waals surface area contributed by atoms with Gasteiger partial charge in [-0.3, -0.25) is 10.1 Å². The molecule has 0 aliphatic carbocycles. The Morgan fingerprint density at radius 1 is 1.29 bits per heavy atom. The molecule has 0 aliphatic heterocycles. The summed E-state index contributed by atoms with van der Waals surface area (Å²) in [5, 5.41) is 20.5. The van der Waals surface area contributed by atoms with E-state index in [0.717, 1.165) is 0 Å². The highest BCUT2D eigenvalue weighted by molar-refractivity contribution is 9.10. The second kappa shape index (κ2) is 6.19. The van der Waals surface area contributed by atoms with Crippen LogP contribution in [0.1, 0.15) is 18.6 Å². The molecule has 0 bridgehead atoms. The van der Waals surface area contributed by atoms with Crippen molar-refractivity contribution in [3.8, 4) is 11.5 Å². The maximum Gasteiger partial charge on any atom is 0.311 e. The first-order valence-electron chi connectivity index (χ1n) is 5.98. The molecule has 0 radical (unpaired) electrons. The first-order chi connectivity index (χ1) is 9.88. The summed E-state index contributed by atoms with van der Waals surface area (Å²) in [4.78, 5) is 10.4. The van der Waals surface area contributed by atoms with Gasteiger partial charge in [-0.1, -0.05) is 22.0 Å². The van der Waals surface area contributed by atoms with Crippen LogP contribution in [-0.2, 0) is 0 Å². The fraction of sp³-hybridized carbons (Fsp3) is 0.143. The summed E-state index contributed by atoms with van der Waals surface area (Å²) in [5.74, 6) is -0.852. The maximum absolute atomic E-state index is 13.7. The number of rotatable bonds is 4. The summed E-state index contributed by atoms with van der Waals surface area (Å²) in [5.41, 5.74) is 0.0426. The first-order valence-corrected chi connectivity index (χ1v) is 6.77. The van der Waals surface area contributed by atoms with Gasteiger partial charge in [-0.25, -0.2) is 4.39 Å². The van der Waals surface area contributed by atoms with Crippen LogP contribution in [0.4, 0.5) is 10.1 Å². The lowest BCUT2D eigenvalue weighted by atomic mass is 10.1. The standard InChI is InChI=1S/C14H11BrFNO4/c1-8(18)9-2-4-14(12(6-9)17(19)20)21-13-5-3-10(15)7-11(13)16/h2-8,18H,1H3. The van der Waals surface area contributed by atoms with Crippen LogP contribution >= 0.6 is 15.9 Å². The van der Waals surface area contributed by atoms with Crippen LogP contribution in [0.5, 0.6) is 11.5 Å². The first kappa shape index (κ1) is 15.4. The minimum absolute atomic E-state index is 0.0920. The molecular weight excluding hydrogens is 345 g/mol. The Balaban J connectivity index is 2.41. The van der Waals surface area contributed by atoms with Gasteiger partial charge in [-0.05, 0) is 36.8 Å². The predicted octanol–water partition coefficient (Wildman–Crippen LogP) is 4.34. The van der Waals surface area contributed by atoms with E-state index in [1.165, 1.54) is 37.3 Å². The van der Waals surface area contributed by atoms with Crippen LogP contribution in [0.3, 0.4) is 0 Å². The number of nitro groups is 1. The van der Waals surface area contributed by atoms with Crippen molar-refractivity contribution < 1.29 is 19.2 Å². The van der Waals surface area contributed by atoms with Gasteiger partial charge in [0.15, 0.2) is 11.6 Å². The molecule has 5 nitrogen and oxygen atoms in total. The minimum atomic E-state index is -0.845. The Morgan fingerprint density at radius 3 is 2.52 bits per heavy atom. The topological polar surface area (TPSA) is 72.6 Å². The van der Waals surface area contributed by atoms with Gasteiger partial charge in [0.2, 0.25) is 5.75 Å². The molecule has 0 heterocycles. The average molecular weight is 356 g/mol. The molecule has 0 amide bonds. The van der Waals surface area contributed by atoms with E-state index < -0.39 is 16.8 Å². The van der Waals surface area contributed by atoms with Gasteiger partial charge in [0.25, 0.3) is 0 Å². The van der Waals surface area contributed by atoms with Gasteiger partial charge in [0.05, 0.1) is 11.0 Å². The van der Waals surface area contributed by atoms with Gasteiger partial charge >= 0.3 is 5.69 Å². The minimum Gasteiger partial charge on any atom is -0.447 e. The third-order valence-electron chi connectivity index (χ3n) is 2.78. The van der Waals surface area contributed by atoms with Gasteiger partial charge < -0.3 is 9.84 Å². The van der Waals surface area contributed by atoms with Crippen molar-refractivity contribution in [3.63, 3.8) is 0 Å². The lowest BCUT2D eigenvalue weighted by Gasteiger charge is -2.10. The number of hydrogen-bond donors (Lipinski definition) is 1. The van der Waals surface area contributed by atoms with E-state index in [1.807, 2.05) is 0 Å². The highest BCUT2D eigenvalue weighted by Crippen LogP contribution is 2.35. The Hall–Kier alpha value is -1.99. The number of nitrogens with zero attached hydrogens (tertiary/aromatic N) is 1. The number of ether oxygens (including phenoxy) is 1. The number of benzene rings is 2. The number of aliphatic hydroxyl groups excluding tert-OH is 1. The Labute approximate surface area is 128 Å².